The molecule has 0 spiro atoms. The van der Waals surface area contributed by atoms with Crippen molar-refractivity contribution in [2.24, 2.45) is 0 Å². The Morgan fingerprint density at radius 2 is 1.70 bits per heavy atom. The summed E-state index contributed by atoms with van der Waals surface area (Å²) in [4.78, 5) is 34.2. The van der Waals surface area contributed by atoms with Crippen molar-refractivity contribution >= 4 is 34.2 Å². The van der Waals surface area contributed by atoms with Crippen LogP contribution in [0.5, 0.6) is 0 Å². The van der Waals surface area contributed by atoms with Gasteiger partial charge in [0.2, 0.25) is 5.95 Å². The first-order valence-corrected chi connectivity index (χ1v) is 12.7. The molecule has 0 radical (unpaired) electrons. The number of fused-ring (bicyclic) bond motifs is 1. The van der Waals surface area contributed by atoms with E-state index in [4.69, 9.17) is 9.97 Å². The Balaban J connectivity index is 1.33. The van der Waals surface area contributed by atoms with Crippen LogP contribution in [-0.2, 0) is 6.54 Å². The molecular formula is C27H31N9O. The molecule has 190 valence electrons. The first-order chi connectivity index (χ1) is 18.1. The average Bonchev–Trinajstić information content (AvgIpc) is 3.15. The normalized spacial score (nSPS) is 16.1. The van der Waals surface area contributed by atoms with Crippen LogP contribution < -0.4 is 20.7 Å². The SMILES string of the molecule is C=CCn1c(=O)c2cnc(Nc3ccc(N4CCN(C)CC4)cc3)nc2n1-c1cccc(N2CCC2)n1. The highest BCUT2D eigenvalue weighted by molar-refractivity contribution is 5.77. The summed E-state index contributed by atoms with van der Waals surface area (Å²) in [5.41, 5.74) is 2.42. The van der Waals surface area contributed by atoms with Gasteiger partial charge in [0, 0.05) is 56.8 Å². The van der Waals surface area contributed by atoms with Crippen molar-refractivity contribution in [3.63, 3.8) is 0 Å². The second-order valence-electron chi connectivity index (χ2n) is 9.58. The molecular weight excluding hydrogens is 466 g/mol. The number of pyridine rings is 1. The molecule has 1 N–H and O–H groups in total. The van der Waals surface area contributed by atoms with Crippen LogP contribution >= 0.6 is 0 Å². The number of piperazine rings is 1. The van der Waals surface area contributed by atoms with E-state index in [-0.39, 0.29) is 5.56 Å². The maximum Gasteiger partial charge on any atom is 0.278 e. The molecule has 3 aromatic heterocycles. The summed E-state index contributed by atoms with van der Waals surface area (Å²) in [6.07, 6.45) is 4.45. The molecule has 0 saturated carbocycles. The molecule has 0 bridgehead atoms. The molecule has 0 amide bonds. The minimum atomic E-state index is -0.172. The maximum absolute atomic E-state index is 13.2. The molecule has 6 rings (SSSR count). The van der Waals surface area contributed by atoms with Gasteiger partial charge in [-0.2, -0.15) is 4.98 Å². The Labute approximate surface area is 215 Å². The lowest BCUT2D eigenvalue weighted by atomic mass is 10.2. The standard InChI is InChI=1S/C27H31N9O/c1-3-12-35-26(37)22-19-28-27(29-20-8-10-21(11-9-20)33-17-15-32(2)16-18-33)31-25(22)36(35)24-7-4-6-23(30-24)34-13-5-14-34/h3-4,6-11,19H,1,5,12-18H2,2H3,(H,28,29,31). The second kappa shape index (κ2) is 9.70. The molecule has 0 unspecified atom stereocenters. The molecule has 5 heterocycles. The Hall–Kier alpha value is -4.18. The first kappa shape index (κ1) is 23.2. The second-order valence-corrected chi connectivity index (χ2v) is 9.58. The number of anilines is 4. The Bertz CT molecular complexity index is 1480. The Morgan fingerprint density at radius 3 is 2.41 bits per heavy atom. The summed E-state index contributed by atoms with van der Waals surface area (Å²) in [7, 11) is 2.16. The molecule has 4 aromatic rings. The van der Waals surface area contributed by atoms with E-state index in [9.17, 15) is 4.79 Å². The van der Waals surface area contributed by atoms with Crippen LogP contribution in [0.25, 0.3) is 16.9 Å². The van der Waals surface area contributed by atoms with Gasteiger partial charge in [-0.1, -0.05) is 12.1 Å². The van der Waals surface area contributed by atoms with Crippen molar-refractivity contribution in [2.75, 3.05) is 61.4 Å². The number of aromatic nitrogens is 5. The molecule has 1 aromatic carbocycles. The highest BCUT2D eigenvalue weighted by Crippen LogP contribution is 2.24. The number of rotatable bonds is 7. The van der Waals surface area contributed by atoms with E-state index in [2.05, 4.69) is 50.8 Å². The topological polar surface area (TPSA) is 87.3 Å². The van der Waals surface area contributed by atoms with Crippen molar-refractivity contribution < 1.29 is 0 Å². The van der Waals surface area contributed by atoms with Gasteiger partial charge < -0.3 is 20.0 Å². The minimum Gasteiger partial charge on any atom is -0.369 e. The largest absolute Gasteiger partial charge is 0.369 e. The summed E-state index contributed by atoms with van der Waals surface area (Å²) in [5.74, 6) is 1.96. The number of hydrogen-bond donors (Lipinski definition) is 1. The number of benzene rings is 1. The molecule has 2 saturated heterocycles. The lowest BCUT2D eigenvalue weighted by Crippen LogP contribution is -2.44. The van der Waals surface area contributed by atoms with Gasteiger partial charge in [-0.05, 0) is 49.9 Å². The van der Waals surface area contributed by atoms with Crippen LogP contribution in [0.15, 0.2) is 66.1 Å². The molecule has 0 aliphatic carbocycles. The van der Waals surface area contributed by atoms with Crippen LogP contribution in [0.1, 0.15) is 6.42 Å². The smallest absolute Gasteiger partial charge is 0.278 e. The average molecular weight is 498 g/mol. The Kier molecular flexibility index (Phi) is 6.09. The Morgan fingerprint density at radius 1 is 0.946 bits per heavy atom. The van der Waals surface area contributed by atoms with Crippen LogP contribution in [-0.4, -0.2) is 75.5 Å². The quantitative estimate of drug-likeness (QED) is 0.390. The van der Waals surface area contributed by atoms with Crippen LogP contribution in [0.2, 0.25) is 0 Å². The van der Waals surface area contributed by atoms with Crippen LogP contribution in [0.3, 0.4) is 0 Å². The number of likely N-dealkylation sites (N-methyl/N-ethyl adjacent to an activating group) is 1. The highest BCUT2D eigenvalue weighted by Gasteiger charge is 2.21. The van der Waals surface area contributed by atoms with Gasteiger partial charge in [-0.3, -0.25) is 4.79 Å². The van der Waals surface area contributed by atoms with E-state index in [1.54, 1.807) is 21.6 Å². The zero-order valence-corrected chi connectivity index (χ0v) is 21.0. The summed E-state index contributed by atoms with van der Waals surface area (Å²) >= 11 is 0. The zero-order valence-electron chi connectivity index (χ0n) is 21.0. The van der Waals surface area contributed by atoms with Gasteiger partial charge in [0.05, 0.1) is 6.54 Å². The van der Waals surface area contributed by atoms with Gasteiger partial charge in [0.1, 0.15) is 11.2 Å². The number of nitrogens with zero attached hydrogens (tertiary/aromatic N) is 8. The van der Waals surface area contributed by atoms with E-state index in [0.29, 0.717) is 29.3 Å². The minimum absolute atomic E-state index is 0.172. The maximum atomic E-state index is 13.2. The third-order valence-electron chi connectivity index (χ3n) is 7.09. The van der Waals surface area contributed by atoms with Crippen molar-refractivity contribution in [3.8, 4) is 5.82 Å². The van der Waals surface area contributed by atoms with Crippen LogP contribution in [0, 0.1) is 0 Å². The predicted molar refractivity (Wildman–Crippen MR) is 147 cm³/mol. The fraction of sp³-hybridized carbons (Fsp3) is 0.333. The van der Waals surface area contributed by atoms with E-state index in [1.807, 2.05) is 30.3 Å². The van der Waals surface area contributed by atoms with Gasteiger partial charge in [-0.25, -0.2) is 19.3 Å². The lowest BCUT2D eigenvalue weighted by Gasteiger charge is -2.34. The van der Waals surface area contributed by atoms with E-state index in [1.165, 1.54) is 5.69 Å². The molecule has 0 atom stereocenters. The van der Waals surface area contributed by atoms with Crippen LogP contribution in [0.4, 0.5) is 23.1 Å². The van der Waals surface area contributed by atoms with E-state index >= 15 is 0 Å². The molecule has 2 aliphatic heterocycles. The fourth-order valence-corrected chi connectivity index (χ4v) is 4.81. The third-order valence-corrected chi connectivity index (χ3v) is 7.09. The number of nitrogens with one attached hydrogen (secondary N) is 1. The van der Waals surface area contributed by atoms with E-state index in [0.717, 1.165) is 57.2 Å². The third kappa shape index (κ3) is 4.44. The zero-order chi connectivity index (χ0) is 25.4. The summed E-state index contributed by atoms with van der Waals surface area (Å²) in [5, 5.41) is 3.74. The molecule has 2 fully saturated rings. The van der Waals surface area contributed by atoms with Crippen molar-refractivity contribution in [3.05, 3.63) is 71.7 Å². The van der Waals surface area contributed by atoms with Gasteiger partial charge in [-0.15, -0.1) is 6.58 Å². The summed E-state index contributed by atoms with van der Waals surface area (Å²) in [6.45, 7) is 10.3. The summed E-state index contributed by atoms with van der Waals surface area (Å²) in [6, 6.07) is 14.2. The van der Waals surface area contributed by atoms with E-state index < -0.39 is 0 Å². The fourth-order valence-electron chi connectivity index (χ4n) is 4.81. The van der Waals surface area contributed by atoms with Crippen molar-refractivity contribution in [2.45, 2.75) is 13.0 Å². The highest BCUT2D eigenvalue weighted by atomic mass is 16.1. The lowest BCUT2D eigenvalue weighted by molar-refractivity contribution is 0.313. The van der Waals surface area contributed by atoms with Crippen molar-refractivity contribution in [1.29, 1.82) is 0 Å². The first-order valence-electron chi connectivity index (χ1n) is 12.7. The van der Waals surface area contributed by atoms with Gasteiger partial charge in [0.25, 0.3) is 5.56 Å². The molecule has 10 heteroatoms. The monoisotopic (exact) mass is 497 g/mol. The summed E-state index contributed by atoms with van der Waals surface area (Å²) < 4.78 is 3.37. The van der Waals surface area contributed by atoms with Gasteiger partial charge >= 0.3 is 0 Å². The molecule has 10 nitrogen and oxygen atoms in total. The number of hydrogen-bond acceptors (Lipinski definition) is 8. The molecule has 37 heavy (non-hydrogen) atoms. The predicted octanol–water partition coefficient (Wildman–Crippen LogP) is 2.87. The number of allylic oxidation sites excluding steroid dienone is 1. The van der Waals surface area contributed by atoms with Gasteiger partial charge in [0.15, 0.2) is 11.5 Å². The van der Waals surface area contributed by atoms with Crippen molar-refractivity contribution in [1.82, 2.24) is 29.2 Å². The molecule has 2 aliphatic rings.